The highest BCUT2D eigenvalue weighted by Gasteiger charge is 2.34. The van der Waals surface area contributed by atoms with E-state index in [0.29, 0.717) is 6.42 Å². The number of allylic oxidation sites excluding steroid dienone is 2. The Morgan fingerprint density at radius 3 is 2.67 bits per heavy atom. The lowest BCUT2D eigenvalue weighted by Gasteiger charge is -2.35. The zero-order valence-corrected chi connectivity index (χ0v) is 11.9. The van der Waals surface area contributed by atoms with E-state index >= 15 is 0 Å². The predicted octanol–water partition coefficient (Wildman–Crippen LogP) is 2.63. The molecular formula is C17H19NO3. The number of para-hydroxylation sites is 1. The molecule has 1 N–H and O–H groups in total. The van der Waals surface area contributed by atoms with Crippen molar-refractivity contribution < 1.29 is 14.7 Å². The van der Waals surface area contributed by atoms with Gasteiger partial charge in [-0.2, -0.15) is 0 Å². The van der Waals surface area contributed by atoms with E-state index < -0.39 is 11.9 Å². The zero-order valence-electron chi connectivity index (χ0n) is 11.9. The summed E-state index contributed by atoms with van der Waals surface area (Å²) < 4.78 is 0. The average molecular weight is 285 g/mol. The number of anilines is 1. The molecule has 0 bridgehead atoms. The fourth-order valence-electron chi connectivity index (χ4n) is 3.21. The molecule has 0 radical (unpaired) electrons. The van der Waals surface area contributed by atoms with Crippen LogP contribution in [0.1, 0.15) is 24.8 Å². The Bertz CT molecular complexity index is 593. The van der Waals surface area contributed by atoms with Gasteiger partial charge in [0.2, 0.25) is 5.91 Å². The summed E-state index contributed by atoms with van der Waals surface area (Å²) >= 11 is 0. The largest absolute Gasteiger partial charge is 0.481 e. The lowest BCUT2D eigenvalue weighted by Crippen LogP contribution is -2.45. The minimum absolute atomic E-state index is 0.0180. The van der Waals surface area contributed by atoms with Gasteiger partial charge in [0.25, 0.3) is 0 Å². The van der Waals surface area contributed by atoms with Gasteiger partial charge in [0, 0.05) is 18.2 Å². The molecule has 1 aliphatic heterocycles. The number of carbonyl (C=O) groups excluding carboxylic acids is 1. The van der Waals surface area contributed by atoms with E-state index in [1.165, 1.54) is 0 Å². The van der Waals surface area contributed by atoms with Crippen LogP contribution >= 0.6 is 0 Å². The standard InChI is InChI=1S/C17H19NO3/c19-16(12-6-2-1-3-7-12)18-11-14(17(20)21)10-13-8-4-5-9-15(13)18/h1-2,4-5,8-9,12,14H,3,6-7,10-11H2,(H,20,21). The SMILES string of the molecule is O=C(O)C1Cc2ccccc2N(C(=O)C2CC=CCC2)C1. The van der Waals surface area contributed by atoms with Crippen LogP contribution < -0.4 is 4.90 Å². The van der Waals surface area contributed by atoms with Gasteiger partial charge in [-0.1, -0.05) is 30.4 Å². The molecule has 21 heavy (non-hydrogen) atoms. The van der Waals surface area contributed by atoms with Crippen LogP contribution in [0.4, 0.5) is 5.69 Å². The molecule has 1 aromatic carbocycles. The van der Waals surface area contributed by atoms with E-state index in [-0.39, 0.29) is 18.4 Å². The van der Waals surface area contributed by atoms with E-state index in [4.69, 9.17) is 0 Å². The van der Waals surface area contributed by atoms with Crippen molar-refractivity contribution in [1.29, 1.82) is 0 Å². The Morgan fingerprint density at radius 1 is 1.14 bits per heavy atom. The molecule has 3 rings (SSSR count). The lowest BCUT2D eigenvalue weighted by molar-refractivity contribution is -0.141. The topological polar surface area (TPSA) is 57.6 Å². The number of fused-ring (bicyclic) bond motifs is 1. The first kappa shape index (κ1) is 13.9. The van der Waals surface area contributed by atoms with Crippen LogP contribution in [0.15, 0.2) is 36.4 Å². The first-order valence-electron chi connectivity index (χ1n) is 7.44. The summed E-state index contributed by atoms with van der Waals surface area (Å²) in [4.78, 5) is 25.8. The van der Waals surface area contributed by atoms with Crippen molar-refractivity contribution in [3.05, 3.63) is 42.0 Å². The van der Waals surface area contributed by atoms with E-state index in [2.05, 4.69) is 12.2 Å². The molecule has 1 heterocycles. The Labute approximate surface area is 124 Å². The van der Waals surface area contributed by atoms with E-state index in [9.17, 15) is 14.7 Å². The van der Waals surface area contributed by atoms with Crippen LogP contribution in [-0.2, 0) is 16.0 Å². The van der Waals surface area contributed by atoms with Crippen molar-refractivity contribution in [1.82, 2.24) is 0 Å². The molecule has 0 saturated heterocycles. The monoisotopic (exact) mass is 285 g/mol. The quantitative estimate of drug-likeness (QED) is 0.850. The molecule has 0 saturated carbocycles. The maximum atomic E-state index is 12.8. The summed E-state index contributed by atoms with van der Waals surface area (Å²) in [5.74, 6) is -1.29. The highest BCUT2D eigenvalue weighted by atomic mass is 16.4. The Morgan fingerprint density at radius 2 is 1.95 bits per heavy atom. The molecule has 1 aliphatic carbocycles. The number of aliphatic carboxylic acids is 1. The van der Waals surface area contributed by atoms with Crippen molar-refractivity contribution in [2.75, 3.05) is 11.4 Å². The number of carbonyl (C=O) groups is 2. The van der Waals surface area contributed by atoms with Crippen molar-refractivity contribution in [2.24, 2.45) is 11.8 Å². The Hall–Kier alpha value is -2.10. The number of hydrogen-bond acceptors (Lipinski definition) is 2. The first-order chi connectivity index (χ1) is 10.2. The molecule has 1 aromatic rings. The fourth-order valence-corrected chi connectivity index (χ4v) is 3.21. The molecule has 0 spiro atoms. The second kappa shape index (κ2) is 5.72. The number of nitrogens with zero attached hydrogens (tertiary/aromatic N) is 1. The third-order valence-electron chi connectivity index (χ3n) is 4.39. The summed E-state index contributed by atoms with van der Waals surface area (Å²) in [5, 5.41) is 9.32. The third-order valence-corrected chi connectivity index (χ3v) is 4.39. The molecule has 1 amide bonds. The van der Waals surface area contributed by atoms with Gasteiger partial charge in [-0.05, 0) is 37.3 Å². The van der Waals surface area contributed by atoms with Crippen LogP contribution in [-0.4, -0.2) is 23.5 Å². The van der Waals surface area contributed by atoms with E-state index in [0.717, 1.165) is 30.5 Å². The number of rotatable bonds is 2. The van der Waals surface area contributed by atoms with Crippen LogP contribution in [0.2, 0.25) is 0 Å². The molecule has 0 aromatic heterocycles. The number of carboxylic acids is 1. The first-order valence-corrected chi connectivity index (χ1v) is 7.44. The summed E-state index contributed by atoms with van der Waals surface area (Å²) in [6, 6.07) is 7.64. The van der Waals surface area contributed by atoms with E-state index in [1.54, 1.807) is 4.90 Å². The van der Waals surface area contributed by atoms with Crippen molar-refractivity contribution in [3.63, 3.8) is 0 Å². The highest BCUT2D eigenvalue weighted by Crippen LogP contribution is 2.32. The van der Waals surface area contributed by atoms with Crippen LogP contribution in [0.5, 0.6) is 0 Å². The van der Waals surface area contributed by atoms with Gasteiger partial charge in [0.15, 0.2) is 0 Å². The van der Waals surface area contributed by atoms with Gasteiger partial charge in [0.1, 0.15) is 0 Å². The maximum Gasteiger partial charge on any atom is 0.308 e. The van der Waals surface area contributed by atoms with Gasteiger partial charge >= 0.3 is 5.97 Å². The molecule has 0 fully saturated rings. The summed E-state index contributed by atoms with van der Waals surface area (Å²) in [7, 11) is 0. The third kappa shape index (κ3) is 2.71. The average Bonchev–Trinajstić information content (AvgIpc) is 2.54. The van der Waals surface area contributed by atoms with Crippen LogP contribution in [0, 0.1) is 11.8 Å². The summed E-state index contributed by atoms with van der Waals surface area (Å²) in [6.45, 7) is 0.283. The molecule has 4 heteroatoms. The number of amides is 1. The fraction of sp³-hybridized carbons (Fsp3) is 0.412. The predicted molar refractivity (Wildman–Crippen MR) is 80.1 cm³/mol. The zero-order chi connectivity index (χ0) is 14.8. The number of carboxylic acid groups (broad SMARTS) is 1. The normalized spacial score (nSPS) is 24.5. The smallest absolute Gasteiger partial charge is 0.308 e. The minimum Gasteiger partial charge on any atom is -0.481 e. The molecule has 2 atom stereocenters. The number of hydrogen-bond donors (Lipinski definition) is 1. The lowest BCUT2D eigenvalue weighted by atomic mass is 9.88. The molecule has 2 aliphatic rings. The van der Waals surface area contributed by atoms with Gasteiger partial charge in [-0.25, -0.2) is 0 Å². The second-order valence-corrected chi connectivity index (χ2v) is 5.80. The van der Waals surface area contributed by atoms with E-state index in [1.807, 2.05) is 24.3 Å². The van der Waals surface area contributed by atoms with Gasteiger partial charge in [-0.3, -0.25) is 9.59 Å². The van der Waals surface area contributed by atoms with Gasteiger partial charge < -0.3 is 10.0 Å². The minimum atomic E-state index is -0.828. The molecular weight excluding hydrogens is 266 g/mol. The molecule has 4 nitrogen and oxygen atoms in total. The van der Waals surface area contributed by atoms with Crippen LogP contribution in [0.3, 0.4) is 0 Å². The van der Waals surface area contributed by atoms with Gasteiger partial charge in [-0.15, -0.1) is 0 Å². The van der Waals surface area contributed by atoms with Crippen molar-refractivity contribution in [2.45, 2.75) is 25.7 Å². The molecule has 2 unspecified atom stereocenters. The maximum absolute atomic E-state index is 12.8. The Kier molecular flexibility index (Phi) is 3.78. The van der Waals surface area contributed by atoms with Gasteiger partial charge in [0.05, 0.1) is 5.92 Å². The second-order valence-electron chi connectivity index (χ2n) is 5.80. The highest BCUT2D eigenvalue weighted by molar-refractivity contribution is 5.97. The van der Waals surface area contributed by atoms with Crippen molar-refractivity contribution >= 4 is 17.6 Å². The summed E-state index contributed by atoms with van der Waals surface area (Å²) in [6.07, 6.45) is 7.19. The number of benzene rings is 1. The Balaban J connectivity index is 1.90. The van der Waals surface area contributed by atoms with Crippen molar-refractivity contribution in [3.8, 4) is 0 Å². The van der Waals surface area contributed by atoms with Crippen LogP contribution in [0.25, 0.3) is 0 Å². The summed E-state index contributed by atoms with van der Waals surface area (Å²) in [5.41, 5.74) is 1.84. The molecule has 110 valence electrons.